The summed E-state index contributed by atoms with van der Waals surface area (Å²) in [6, 6.07) is 0. The first-order chi connectivity index (χ1) is 30.2. The number of carbonyl (C=O) groups is 3. The standard InChI is InChI=1S/C39H58F5NO17/c40-34-35(41)37(43)39(38(44)36(34)42)62-33(48)3-5-49-7-9-51-11-13-53-15-17-55-19-21-57-23-25-59-27-29-61-30-28-60-26-24-58-22-20-56-18-16-54-14-12-52-10-8-50-6-4-45-31(46)1-2-32(45)47/h1-2H,3-30H2. The van der Waals surface area contributed by atoms with Gasteiger partial charge in [0.05, 0.1) is 185 Å². The Bertz CT molecular complexity index is 1350. The van der Waals surface area contributed by atoms with Crippen LogP contribution in [-0.2, 0) is 76.0 Å². The highest BCUT2D eigenvalue weighted by atomic mass is 19.2. The van der Waals surface area contributed by atoms with Crippen LogP contribution in [0.3, 0.4) is 0 Å². The molecule has 1 aromatic rings. The van der Waals surface area contributed by atoms with Gasteiger partial charge >= 0.3 is 5.97 Å². The largest absolute Gasteiger partial charge is 0.420 e. The number of benzene rings is 1. The molecule has 0 atom stereocenters. The Hall–Kier alpha value is -3.30. The van der Waals surface area contributed by atoms with Gasteiger partial charge in [-0.2, -0.15) is 8.78 Å². The maximum absolute atomic E-state index is 13.6. The Labute approximate surface area is 356 Å². The van der Waals surface area contributed by atoms with Crippen LogP contribution in [0.1, 0.15) is 6.42 Å². The number of ether oxygens (including phenoxy) is 14. The summed E-state index contributed by atoms with van der Waals surface area (Å²) in [7, 11) is 0. The topological polar surface area (TPSA) is 184 Å². The first-order valence-electron chi connectivity index (χ1n) is 20.0. The van der Waals surface area contributed by atoms with Crippen LogP contribution in [0.2, 0.25) is 0 Å². The zero-order valence-electron chi connectivity index (χ0n) is 34.7. The van der Waals surface area contributed by atoms with Gasteiger partial charge in [0.15, 0.2) is 0 Å². The third-order valence-electron chi connectivity index (χ3n) is 7.66. The van der Waals surface area contributed by atoms with Crippen LogP contribution >= 0.6 is 0 Å². The lowest BCUT2D eigenvalue weighted by Crippen LogP contribution is -2.33. The lowest BCUT2D eigenvalue weighted by molar-refractivity contribution is -0.138. The lowest BCUT2D eigenvalue weighted by atomic mass is 10.2. The van der Waals surface area contributed by atoms with Crippen molar-refractivity contribution in [2.75, 3.05) is 178 Å². The molecule has 356 valence electrons. The molecule has 0 aliphatic carbocycles. The van der Waals surface area contributed by atoms with Crippen LogP contribution < -0.4 is 4.74 Å². The van der Waals surface area contributed by atoms with Crippen molar-refractivity contribution in [3.05, 3.63) is 41.2 Å². The van der Waals surface area contributed by atoms with E-state index in [-0.39, 0.29) is 51.4 Å². The van der Waals surface area contributed by atoms with Gasteiger partial charge < -0.3 is 66.3 Å². The van der Waals surface area contributed by atoms with Crippen LogP contribution in [-0.4, -0.2) is 201 Å². The van der Waals surface area contributed by atoms with Crippen LogP contribution in [0, 0.1) is 29.1 Å². The quantitative estimate of drug-likeness (QED) is 0.0176. The molecule has 1 aliphatic heterocycles. The van der Waals surface area contributed by atoms with E-state index >= 15 is 0 Å². The van der Waals surface area contributed by atoms with Crippen LogP contribution in [0.5, 0.6) is 5.75 Å². The molecule has 0 radical (unpaired) electrons. The fraction of sp³-hybridized carbons (Fsp3) is 0.718. The monoisotopic (exact) mass is 907 g/mol. The second-order valence-corrected chi connectivity index (χ2v) is 12.2. The van der Waals surface area contributed by atoms with E-state index in [1.165, 1.54) is 12.2 Å². The van der Waals surface area contributed by atoms with Gasteiger partial charge in [0.25, 0.3) is 11.8 Å². The van der Waals surface area contributed by atoms with E-state index in [1.807, 2.05) is 0 Å². The van der Waals surface area contributed by atoms with Crippen molar-refractivity contribution in [3.63, 3.8) is 0 Å². The molecule has 0 fully saturated rings. The van der Waals surface area contributed by atoms with Gasteiger partial charge in [-0.1, -0.05) is 0 Å². The molecule has 62 heavy (non-hydrogen) atoms. The molecule has 18 nitrogen and oxygen atoms in total. The zero-order valence-corrected chi connectivity index (χ0v) is 34.7. The third-order valence-corrected chi connectivity index (χ3v) is 7.66. The zero-order chi connectivity index (χ0) is 44.9. The molecule has 2 rings (SSSR count). The third kappa shape index (κ3) is 26.4. The second-order valence-electron chi connectivity index (χ2n) is 12.2. The first kappa shape index (κ1) is 54.8. The minimum absolute atomic E-state index is 0.0709. The Morgan fingerprint density at radius 1 is 0.355 bits per heavy atom. The summed E-state index contributed by atoms with van der Waals surface area (Å²) in [5.74, 6) is -14.8. The van der Waals surface area contributed by atoms with Crippen molar-refractivity contribution in [1.82, 2.24) is 4.90 Å². The average Bonchev–Trinajstić information content (AvgIpc) is 3.59. The molecule has 0 bridgehead atoms. The molecule has 1 aliphatic rings. The molecule has 0 unspecified atom stereocenters. The summed E-state index contributed by atoms with van der Waals surface area (Å²) in [5.41, 5.74) is 0. The summed E-state index contributed by atoms with van der Waals surface area (Å²) < 4.78 is 141. The smallest absolute Gasteiger partial charge is 0.313 e. The van der Waals surface area contributed by atoms with Crippen molar-refractivity contribution in [2.45, 2.75) is 6.42 Å². The number of amides is 2. The SMILES string of the molecule is O=C(CCOCCOCCOCCOCCOCCOCCOCCOCCOCCOCCOCCOCCOCCN1C(=O)C=CC1=O)Oc1c(F)c(F)c(F)c(F)c1F. The number of hydrogen-bond donors (Lipinski definition) is 0. The summed E-state index contributed by atoms with van der Waals surface area (Å²) in [6.07, 6.45) is 1.99. The van der Waals surface area contributed by atoms with E-state index in [4.69, 9.17) is 61.6 Å². The van der Waals surface area contributed by atoms with Crippen LogP contribution in [0.15, 0.2) is 12.2 Å². The molecular weight excluding hydrogens is 849 g/mol. The van der Waals surface area contributed by atoms with Gasteiger partial charge in [-0.3, -0.25) is 19.3 Å². The summed E-state index contributed by atoms with van der Waals surface area (Å²) in [5, 5.41) is 0. The Balaban J connectivity index is 1.17. The van der Waals surface area contributed by atoms with Crippen molar-refractivity contribution in [3.8, 4) is 5.75 Å². The predicted molar refractivity (Wildman–Crippen MR) is 203 cm³/mol. The summed E-state index contributed by atoms with van der Waals surface area (Å²) in [6.45, 7) is 9.32. The molecule has 0 spiro atoms. The molecule has 0 aromatic heterocycles. The number of esters is 1. The highest BCUT2D eigenvalue weighted by molar-refractivity contribution is 6.12. The summed E-state index contributed by atoms with van der Waals surface area (Å²) >= 11 is 0. The van der Waals surface area contributed by atoms with E-state index in [0.717, 1.165) is 4.90 Å². The van der Waals surface area contributed by atoms with Crippen molar-refractivity contribution >= 4 is 17.8 Å². The predicted octanol–water partition coefficient (Wildman–Crippen LogP) is 1.82. The Morgan fingerprint density at radius 3 is 0.855 bits per heavy atom. The molecule has 1 aromatic carbocycles. The van der Waals surface area contributed by atoms with E-state index in [9.17, 15) is 36.3 Å². The van der Waals surface area contributed by atoms with Gasteiger partial charge in [-0.25, -0.2) is 13.2 Å². The molecular formula is C39H58F5NO17. The van der Waals surface area contributed by atoms with Gasteiger partial charge in [-0.05, 0) is 0 Å². The van der Waals surface area contributed by atoms with Crippen molar-refractivity contribution in [2.24, 2.45) is 0 Å². The normalized spacial score (nSPS) is 12.7. The fourth-order valence-electron chi connectivity index (χ4n) is 4.54. The molecule has 1 heterocycles. The molecule has 0 N–H and O–H groups in total. The lowest BCUT2D eigenvalue weighted by Gasteiger charge is -2.13. The van der Waals surface area contributed by atoms with Crippen molar-refractivity contribution in [1.29, 1.82) is 0 Å². The fourth-order valence-corrected chi connectivity index (χ4v) is 4.54. The van der Waals surface area contributed by atoms with Crippen LogP contribution in [0.25, 0.3) is 0 Å². The number of halogens is 5. The highest BCUT2D eigenvalue weighted by Crippen LogP contribution is 2.29. The Morgan fingerprint density at radius 2 is 0.581 bits per heavy atom. The van der Waals surface area contributed by atoms with Crippen molar-refractivity contribution < 1.29 is 103 Å². The minimum Gasteiger partial charge on any atom is -0.420 e. The molecule has 23 heteroatoms. The Kier molecular flexibility index (Phi) is 32.8. The maximum Gasteiger partial charge on any atom is 0.313 e. The first-order valence-corrected chi connectivity index (χ1v) is 20.0. The number of nitrogens with zero attached hydrogens (tertiary/aromatic N) is 1. The average molecular weight is 908 g/mol. The molecule has 0 saturated carbocycles. The van der Waals surface area contributed by atoms with Gasteiger partial charge in [-0.15, -0.1) is 0 Å². The second kappa shape index (κ2) is 37.1. The van der Waals surface area contributed by atoms with Gasteiger partial charge in [0.2, 0.25) is 34.8 Å². The molecule has 2 amide bonds. The summed E-state index contributed by atoms with van der Waals surface area (Å²) in [4.78, 5) is 35.6. The van der Waals surface area contributed by atoms with E-state index in [0.29, 0.717) is 139 Å². The van der Waals surface area contributed by atoms with E-state index in [2.05, 4.69) is 4.74 Å². The number of imide groups is 1. The van der Waals surface area contributed by atoms with Crippen LogP contribution in [0.4, 0.5) is 22.0 Å². The number of rotatable bonds is 43. The van der Waals surface area contributed by atoms with Gasteiger partial charge in [0, 0.05) is 12.2 Å². The number of hydrogen-bond acceptors (Lipinski definition) is 17. The highest BCUT2D eigenvalue weighted by Gasteiger charge is 2.28. The number of carbonyl (C=O) groups excluding carboxylic acids is 3. The van der Waals surface area contributed by atoms with E-state index < -0.39 is 47.2 Å². The molecule has 0 saturated heterocycles. The van der Waals surface area contributed by atoms with Gasteiger partial charge in [0.1, 0.15) is 0 Å². The maximum atomic E-state index is 13.6. The minimum atomic E-state index is -2.35. The van der Waals surface area contributed by atoms with E-state index in [1.54, 1.807) is 0 Å².